The van der Waals surface area contributed by atoms with Crippen LogP contribution in [0.3, 0.4) is 0 Å². The van der Waals surface area contributed by atoms with Crippen LogP contribution < -0.4 is 10.6 Å². The lowest BCUT2D eigenvalue weighted by atomic mass is 10.0. The van der Waals surface area contributed by atoms with Crippen LogP contribution in [0.2, 0.25) is 0 Å². The van der Waals surface area contributed by atoms with Gasteiger partial charge in [0.25, 0.3) is 5.91 Å². The second kappa shape index (κ2) is 8.25. The van der Waals surface area contributed by atoms with Gasteiger partial charge in [-0.05, 0) is 49.4 Å². The fraction of sp³-hybridized carbons (Fsp3) is 0.450. The van der Waals surface area contributed by atoms with Gasteiger partial charge in [-0.15, -0.1) is 0 Å². The molecule has 0 saturated heterocycles. The number of nitrogens with zero attached hydrogens (tertiary/aromatic N) is 2. The molecule has 154 valence electrons. The number of amides is 2. The van der Waals surface area contributed by atoms with Gasteiger partial charge >= 0.3 is 0 Å². The molecule has 8 nitrogen and oxygen atoms in total. The van der Waals surface area contributed by atoms with Crippen molar-refractivity contribution < 1.29 is 18.0 Å². The Morgan fingerprint density at radius 3 is 2.62 bits per heavy atom. The summed E-state index contributed by atoms with van der Waals surface area (Å²) in [5, 5.41) is 14.1. The van der Waals surface area contributed by atoms with Gasteiger partial charge in [0.05, 0.1) is 16.8 Å². The van der Waals surface area contributed by atoms with Gasteiger partial charge in [0, 0.05) is 17.1 Å². The van der Waals surface area contributed by atoms with Crippen molar-refractivity contribution in [1.29, 1.82) is 5.26 Å². The fourth-order valence-corrected chi connectivity index (χ4v) is 4.92. The maximum atomic E-state index is 12.7. The zero-order valence-corrected chi connectivity index (χ0v) is 17.2. The highest BCUT2D eigenvalue weighted by Gasteiger charge is 2.37. The van der Waals surface area contributed by atoms with Gasteiger partial charge in [0.2, 0.25) is 15.9 Å². The van der Waals surface area contributed by atoms with Crippen molar-refractivity contribution in [3.05, 3.63) is 36.0 Å². The van der Waals surface area contributed by atoms with Gasteiger partial charge in [0.1, 0.15) is 12.6 Å². The lowest BCUT2D eigenvalue weighted by Gasteiger charge is -2.19. The Morgan fingerprint density at radius 2 is 2.00 bits per heavy atom. The van der Waals surface area contributed by atoms with E-state index in [1.165, 1.54) is 10.2 Å². The van der Waals surface area contributed by atoms with Crippen LogP contribution in [-0.2, 0) is 14.8 Å². The third-order valence-corrected chi connectivity index (χ3v) is 6.99. The lowest BCUT2D eigenvalue weighted by molar-refractivity contribution is -0.123. The fourth-order valence-electron chi connectivity index (χ4n) is 3.20. The van der Waals surface area contributed by atoms with E-state index in [1.54, 1.807) is 24.3 Å². The van der Waals surface area contributed by atoms with Gasteiger partial charge in [-0.25, -0.2) is 12.4 Å². The van der Waals surface area contributed by atoms with E-state index >= 15 is 0 Å². The summed E-state index contributed by atoms with van der Waals surface area (Å²) < 4.78 is 26.3. The predicted octanol–water partition coefficient (Wildman–Crippen LogP) is 1.77. The molecule has 1 atom stereocenters. The average Bonchev–Trinajstić information content (AvgIpc) is 3.44. The van der Waals surface area contributed by atoms with Gasteiger partial charge in [-0.1, -0.05) is 13.8 Å². The molecule has 1 heterocycles. The van der Waals surface area contributed by atoms with Crippen LogP contribution >= 0.6 is 0 Å². The standard InChI is InChI=1S/C20H24N4O4S/c1-13(2)11-17(20(26)22-9-8-21)23-19(25)15-3-6-18-14(12-15)7-10-24(18)29(27,28)16-4-5-16/h3,6-7,10,12-13,16-17H,4-5,9,11H2,1-2H3,(H,22,26)(H,23,25). The van der Waals surface area contributed by atoms with Crippen molar-refractivity contribution in [2.24, 2.45) is 5.92 Å². The van der Waals surface area contributed by atoms with Gasteiger partial charge < -0.3 is 10.6 Å². The zero-order chi connectivity index (χ0) is 21.2. The molecule has 0 spiro atoms. The molecule has 0 radical (unpaired) electrons. The number of carbonyl (C=O) groups excluding carboxylic acids is 2. The number of rotatable bonds is 8. The van der Waals surface area contributed by atoms with Crippen LogP contribution in [0.1, 0.15) is 43.5 Å². The first kappa shape index (κ1) is 20.9. The van der Waals surface area contributed by atoms with Crippen LogP contribution in [-0.4, -0.2) is 42.0 Å². The highest BCUT2D eigenvalue weighted by atomic mass is 32.2. The molecule has 1 saturated carbocycles. The van der Waals surface area contributed by atoms with E-state index in [2.05, 4.69) is 10.6 Å². The van der Waals surface area contributed by atoms with E-state index < -0.39 is 27.9 Å². The maximum absolute atomic E-state index is 12.7. The van der Waals surface area contributed by atoms with E-state index in [4.69, 9.17) is 5.26 Å². The number of nitrogens with one attached hydrogen (secondary N) is 2. The average molecular weight is 417 g/mol. The van der Waals surface area contributed by atoms with Crippen LogP contribution in [0.4, 0.5) is 0 Å². The molecule has 1 aromatic heterocycles. The minimum atomic E-state index is -3.40. The lowest BCUT2D eigenvalue weighted by Crippen LogP contribution is -2.47. The molecule has 0 aliphatic heterocycles. The van der Waals surface area contributed by atoms with Gasteiger partial charge in [0.15, 0.2) is 0 Å². The van der Waals surface area contributed by atoms with E-state index in [0.717, 1.165) is 0 Å². The van der Waals surface area contributed by atoms with Crippen molar-refractivity contribution in [3.8, 4) is 6.07 Å². The van der Waals surface area contributed by atoms with Crippen molar-refractivity contribution in [2.75, 3.05) is 6.54 Å². The van der Waals surface area contributed by atoms with Gasteiger partial charge in [-0.2, -0.15) is 5.26 Å². The summed E-state index contributed by atoms with van der Waals surface area (Å²) in [5.74, 6) is -0.670. The Hall–Kier alpha value is -2.86. The SMILES string of the molecule is CC(C)CC(NC(=O)c1ccc2c(ccn2S(=O)(=O)C2CC2)c1)C(=O)NCC#N. The van der Waals surface area contributed by atoms with Crippen molar-refractivity contribution >= 4 is 32.7 Å². The monoisotopic (exact) mass is 416 g/mol. The van der Waals surface area contributed by atoms with Crippen LogP contribution in [0, 0.1) is 17.2 Å². The number of fused-ring (bicyclic) bond motifs is 1. The summed E-state index contributed by atoms with van der Waals surface area (Å²) in [6.45, 7) is 3.75. The number of benzene rings is 1. The largest absolute Gasteiger partial charge is 0.341 e. The first-order valence-corrected chi connectivity index (χ1v) is 11.1. The summed E-state index contributed by atoms with van der Waals surface area (Å²) in [5.41, 5.74) is 0.861. The van der Waals surface area contributed by atoms with Crippen molar-refractivity contribution in [1.82, 2.24) is 14.6 Å². The molecular weight excluding hydrogens is 392 g/mol. The van der Waals surface area contributed by atoms with E-state index in [0.29, 0.717) is 35.7 Å². The minimum absolute atomic E-state index is 0.127. The highest BCUT2D eigenvalue weighted by molar-refractivity contribution is 7.91. The Labute approximate surface area is 169 Å². The molecule has 1 aliphatic rings. The number of hydrogen-bond acceptors (Lipinski definition) is 5. The van der Waals surface area contributed by atoms with Crippen LogP contribution in [0.5, 0.6) is 0 Å². The molecule has 2 aromatic rings. The highest BCUT2D eigenvalue weighted by Crippen LogP contribution is 2.32. The molecule has 0 bridgehead atoms. The molecule has 1 aliphatic carbocycles. The molecule has 1 unspecified atom stereocenters. The molecule has 1 fully saturated rings. The van der Waals surface area contributed by atoms with Crippen LogP contribution in [0.15, 0.2) is 30.5 Å². The van der Waals surface area contributed by atoms with Crippen LogP contribution in [0.25, 0.3) is 10.9 Å². The van der Waals surface area contributed by atoms with Gasteiger partial charge in [-0.3, -0.25) is 9.59 Å². The second-order valence-electron chi connectivity index (χ2n) is 7.66. The van der Waals surface area contributed by atoms with E-state index in [9.17, 15) is 18.0 Å². The van der Waals surface area contributed by atoms with Crippen molar-refractivity contribution in [3.63, 3.8) is 0 Å². The number of hydrogen-bond donors (Lipinski definition) is 2. The molecule has 1 aromatic carbocycles. The second-order valence-corrected chi connectivity index (χ2v) is 9.75. The Bertz CT molecular complexity index is 1080. The first-order chi connectivity index (χ1) is 13.7. The Morgan fingerprint density at radius 1 is 1.28 bits per heavy atom. The van der Waals surface area contributed by atoms with Crippen molar-refractivity contribution in [2.45, 2.75) is 44.4 Å². The Balaban J connectivity index is 1.81. The molecule has 9 heteroatoms. The minimum Gasteiger partial charge on any atom is -0.341 e. The predicted molar refractivity (Wildman–Crippen MR) is 109 cm³/mol. The third kappa shape index (κ3) is 4.59. The third-order valence-electron chi connectivity index (χ3n) is 4.81. The molecule has 2 amide bonds. The number of nitriles is 1. The molecule has 29 heavy (non-hydrogen) atoms. The normalized spacial score (nSPS) is 15.1. The zero-order valence-electron chi connectivity index (χ0n) is 16.4. The molecule has 2 N–H and O–H groups in total. The summed E-state index contributed by atoms with van der Waals surface area (Å²) in [6.07, 6.45) is 3.29. The summed E-state index contributed by atoms with van der Waals surface area (Å²) in [6, 6.07) is 7.52. The Kier molecular flexibility index (Phi) is 5.94. The first-order valence-electron chi connectivity index (χ1n) is 9.55. The van der Waals surface area contributed by atoms with E-state index in [-0.39, 0.29) is 17.7 Å². The topological polar surface area (TPSA) is 121 Å². The smallest absolute Gasteiger partial charge is 0.251 e. The summed E-state index contributed by atoms with van der Waals surface area (Å²) >= 11 is 0. The van der Waals surface area contributed by atoms with E-state index in [1.807, 2.05) is 19.9 Å². The molecular formula is C20H24N4O4S. The summed E-state index contributed by atoms with van der Waals surface area (Å²) in [4.78, 5) is 25.0. The number of carbonyl (C=O) groups is 2. The maximum Gasteiger partial charge on any atom is 0.251 e. The summed E-state index contributed by atoms with van der Waals surface area (Å²) in [7, 11) is -3.40. The number of aromatic nitrogens is 1. The quantitative estimate of drug-likeness (QED) is 0.635. The molecule has 3 rings (SSSR count).